The number of benzene rings is 2. The molecule has 0 aliphatic rings. The Balaban J connectivity index is 1.34. The van der Waals surface area contributed by atoms with E-state index in [9.17, 15) is 0 Å². The van der Waals surface area contributed by atoms with E-state index in [0.29, 0.717) is 13.0 Å². The van der Waals surface area contributed by atoms with Crippen LogP contribution < -0.4 is 5.32 Å². The van der Waals surface area contributed by atoms with Crippen LogP contribution in [-0.4, -0.2) is 26.3 Å². The van der Waals surface area contributed by atoms with Gasteiger partial charge in [-0.15, -0.1) is 0 Å². The lowest BCUT2D eigenvalue weighted by atomic mass is 10.1. The molecule has 0 radical (unpaired) electrons. The molecule has 2 aromatic heterocycles. The van der Waals surface area contributed by atoms with E-state index in [1.54, 1.807) is 0 Å². The molecule has 4 rings (SSSR count). The van der Waals surface area contributed by atoms with E-state index in [4.69, 9.17) is 10.4 Å². The first kappa shape index (κ1) is 18.9. The average molecular weight is 384 g/mol. The fraction of sp³-hybridized carbons (Fsp3) is 0.261. The first-order valence-corrected chi connectivity index (χ1v) is 9.96. The van der Waals surface area contributed by atoms with Crippen LogP contribution in [0.1, 0.15) is 24.2 Å². The standard InChI is InChI=1S/C23H24N6/c24-13-7-15-29-17-19(23(28-29)18-8-2-1-3-9-18)16-25-14-6-12-22-26-20-10-4-5-11-21(20)27-22/h1-5,8-11,17,25H,6-7,12,14-16H2,(H,26,27). The predicted octanol–water partition coefficient (Wildman–Crippen LogP) is 4.06. The summed E-state index contributed by atoms with van der Waals surface area (Å²) in [5.41, 5.74) is 5.34. The van der Waals surface area contributed by atoms with Crippen molar-refractivity contribution in [1.82, 2.24) is 25.1 Å². The summed E-state index contributed by atoms with van der Waals surface area (Å²) in [6.45, 7) is 2.26. The molecule has 0 bridgehead atoms. The number of H-pyrrole nitrogens is 1. The molecule has 2 aromatic carbocycles. The van der Waals surface area contributed by atoms with Gasteiger partial charge in [0.1, 0.15) is 5.82 Å². The van der Waals surface area contributed by atoms with Crippen molar-refractivity contribution < 1.29 is 0 Å². The van der Waals surface area contributed by atoms with Gasteiger partial charge in [0.05, 0.1) is 35.8 Å². The number of nitrogens with zero attached hydrogens (tertiary/aromatic N) is 4. The van der Waals surface area contributed by atoms with Crippen molar-refractivity contribution in [3.05, 3.63) is 72.2 Å². The maximum atomic E-state index is 8.85. The minimum Gasteiger partial charge on any atom is -0.342 e. The van der Waals surface area contributed by atoms with E-state index in [0.717, 1.165) is 59.6 Å². The van der Waals surface area contributed by atoms with Crippen molar-refractivity contribution in [3.63, 3.8) is 0 Å². The summed E-state index contributed by atoms with van der Waals surface area (Å²) in [7, 11) is 0. The maximum absolute atomic E-state index is 8.85. The lowest BCUT2D eigenvalue weighted by Crippen LogP contribution is -2.15. The summed E-state index contributed by atoms with van der Waals surface area (Å²) in [6, 6.07) is 20.5. The molecular weight excluding hydrogens is 360 g/mol. The number of aryl methyl sites for hydroxylation is 2. The molecule has 0 atom stereocenters. The van der Waals surface area contributed by atoms with Crippen molar-refractivity contribution in [2.45, 2.75) is 32.4 Å². The molecule has 0 saturated carbocycles. The van der Waals surface area contributed by atoms with Gasteiger partial charge in [-0.2, -0.15) is 10.4 Å². The van der Waals surface area contributed by atoms with Crippen molar-refractivity contribution in [2.75, 3.05) is 6.54 Å². The van der Waals surface area contributed by atoms with E-state index in [2.05, 4.69) is 39.6 Å². The van der Waals surface area contributed by atoms with Crippen LogP contribution in [-0.2, 0) is 19.5 Å². The third kappa shape index (κ3) is 4.71. The van der Waals surface area contributed by atoms with E-state index >= 15 is 0 Å². The third-order valence-corrected chi connectivity index (χ3v) is 4.86. The van der Waals surface area contributed by atoms with Gasteiger partial charge in [-0.25, -0.2) is 4.98 Å². The largest absolute Gasteiger partial charge is 0.342 e. The molecule has 0 aliphatic carbocycles. The second kappa shape index (κ2) is 9.18. The van der Waals surface area contributed by atoms with Crippen molar-refractivity contribution in [2.24, 2.45) is 0 Å². The lowest BCUT2D eigenvalue weighted by molar-refractivity contribution is 0.623. The SMILES string of the molecule is N#CCCn1cc(CNCCCc2nc3ccccc3[nH]2)c(-c2ccccc2)n1. The summed E-state index contributed by atoms with van der Waals surface area (Å²) in [6.07, 6.45) is 4.42. The van der Waals surface area contributed by atoms with Crippen LogP contribution in [0.3, 0.4) is 0 Å². The number of rotatable bonds is 9. The molecule has 0 saturated heterocycles. The van der Waals surface area contributed by atoms with Gasteiger partial charge in [0.2, 0.25) is 0 Å². The smallest absolute Gasteiger partial charge is 0.107 e. The molecule has 0 amide bonds. The number of nitriles is 1. The van der Waals surface area contributed by atoms with Gasteiger partial charge < -0.3 is 10.3 Å². The van der Waals surface area contributed by atoms with Crippen molar-refractivity contribution >= 4 is 11.0 Å². The molecule has 6 heteroatoms. The zero-order valence-electron chi connectivity index (χ0n) is 16.3. The average Bonchev–Trinajstić information content (AvgIpc) is 3.36. The van der Waals surface area contributed by atoms with E-state index < -0.39 is 0 Å². The highest BCUT2D eigenvalue weighted by Gasteiger charge is 2.11. The van der Waals surface area contributed by atoms with Gasteiger partial charge in [-0.3, -0.25) is 4.68 Å². The van der Waals surface area contributed by atoms with E-state index in [1.807, 2.05) is 47.3 Å². The minimum absolute atomic E-state index is 0.459. The Kier molecular flexibility index (Phi) is 5.98. The highest BCUT2D eigenvalue weighted by molar-refractivity contribution is 5.74. The van der Waals surface area contributed by atoms with Crippen molar-refractivity contribution in [1.29, 1.82) is 5.26 Å². The fourth-order valence-electron chi connectivity index (χ4n) is 3.44. The van der Waals surface area contributed by atoms with Crippen molar-refractivity contribution in [3.8, 4) is 17.3 Å². The number of hydrogen-bond donors (Lipinski definition) is 2. The molecule has 29 heavy (non-hydrogen) atoms. The van der Waals surface area contributed by atoms with Gasteiger partial charge in [-0.05, 0) is 25.1 Å². The molecule has 4 aromatic rings. The fourth-order valence-corrected chi connectivity index (χ4v) is 3.44. The first-order chi connectivity index (χ1) is 14.3. The Morgan fingerprint density at radius 3 is 2.72 bits per heavy atom. The summed E-state index contributed by atoms with van der Waals surface area (Å²) in [4.78, 5) is 8.01. The second-order valence-electron chi connectivity index (χ2n) is 7.02. The van der Waals surface area contributed by atoms with Crippen LogP contribution in [0.5, 0.6) is 0 Å². The minimum atomic E-state index is 0.459. The number of hydrogen-bond acceptors (Lipinski definition) is 4. The lowest BCUT2D eigenvalue weighted by Gasteiger charge is -2.05. The highest BCUT2D eigenvalue weighted by Crippen LogP contribution is 2.22. The molecule has 0 aliphatic heterocycles. The molecular formula is C23H24N6. The van der Waals surface area contributed by atoms with Crippen LogP contribution in [0.15, 0.2) is 60.8 Å². The zero-order valence-corrected chi connectivity index (χ0v) is 16.3. The van der Waals surface area contributed by atoms with Crippen LogP contribution in [0.4, 0.5) is 0 Å². The highest BCUT2D eigenvalue weighted by atomic mass is 15.3. The molecule has 2 heterocycles. The molecule has 0 fully saturated rings. The van der Waals surface area contributed by atoms with Gasteiger partial charge in [0.25, 0.3) is 0 Å². The Hall–Kier alpha value is -3.43. The van der Waals surface area contributed by atoms with Crippen LogP contribution in [0, 0.1) is 11.3 Å². The predicted molar refractivity (Wildman–Crippen MR) is 114 cm³/mol. The summed E-state index contributed by atoms with van der Waals surface area (Å²) in [5, 5.41) is 17.1. The Bertz CT molecular complexity index is 1070. The number of aromatic amines is 1. The normalized spacial score (nSPS) is 11.0. The number of aromatic nitrogens is 4. The summed E-state index contributed by atoms with van der Waals surface area (Å²) < 4.78 is 1.87. The Morgan fingerprint density at radius 2 is 1.90 bits per heavy atom. The quantitative estimate of drug-likeness (QED) is 0.426. The molecule has 6 nitrogen and oxygen atoms in total. The zero-order chi connectivity index (χ0) is 19.9. The van der Waals surface area contributed by atoms with Crippen LogP contribution in [0.25, 0.3) is 22.3 Å². The molecule has 2 N–H and O–H groups in total. The summed E-state index contributed by atoms with van der Waals surface area (Å²) in [5.74, 6) is 1.03. The van der Waals surface area contributed by atoms with Crippen LogP contribution >= 0.6 is 0 Å². The first-order valence-electron chi connectivity index (χ1n) is 9.96. The van der Waals surface area contributed by atoms with Gasteiger partial charge in [-0.1, -0.05) is 42.5 Å². The van der Waals surface area contributed by atoms with Gasteiger partial charge in [0, 0.05) is 30.3 Å². The Labute approximate surface area is 170 Å². The van der Waals surface area contributed by atoms with Gasteiger partial charge >= 0.3 is 0 Å². The number of para-hydroxylation sites is 2. The molecule has 146 valence electrons. The van der Waals surface area contributed by atoms with Gasteiger partial charge in [0.15, 0.2) is 0 Å². The molecule has 0 spiro atoms. The maximum Gasteiger partial charge on any atom is 0.107 e. The van der Waals surface area contributed by atoms with E-state index in [-0.39, 0.29) is 0 Å². The number of fused-ring (bicyclic) bond motifs is 1. The monoisotopic (exact) mass is 384 g/mol. The van der Waals surface area contributed by atoms with Crippen LogP contribution in [0.2, 0.25) is 0 Å². The summed E-state index contributed by atoms with van der Waals surface area (Å²) >= 11 is 0. The molecule has 0 unspecified atom stereocenters. The second-order valence-corrected chi connectivity index (χ2v) is 7.02. The number of imidazole rings is 1. The van der Waals surface area contributed by atoms with E-state index in [1.165, 1.54) is 0 Å². The topological polar surface area (TPSA) is 82.3 Å². The Morgan fingerprint density at radius 1 is 1.07 bits per heavy atom. The number of nitrogens with one attached hydrogen (secondary N) is 2. The third-order valence-electron chi connectivity index (χ3n) is 4.86.